The van der Waals surface area contributed by atoms with Gasteiger partial charge in [0, 0.05) is 17.8 Å². The number of nitrogens with zero attached hydrogens (tertiary/aromatic N) is 3. The van der Waals surface area contributed by atoms with Gasteiger partial charge in [-0.25, -0.2) is 9.97 Å². The first-order chi connectivity index (χ1) is 9.88. The van der Waals surface area contributed by atoms with Gasteiger partial charge in [0.15, 0.2) is 0 Å². The molecule has 2 heterocycles. The van der Waals surface area contributed by atoms with E-state index >= 15 is 0 Å². The Balaban J connectivity index is 2.05. The van der Waals surface area contributed by atoms with Crippen molar-refractivity contribution in [1.29, 1.82) is 0 Å². The molecule has 0 saturated heterocycles. The lowest BCUT2D eigenvalue weighted by Gasteiger charge is -2.14. The number of aromatic nitrogens is 3. The fourth-order valence-electron chi connectivity index (χ4n) is 2.26. The normalized spacial score (nSPS) is 12.2. The van der Waals surface area contributed by atoms with Gasteiger partial charge in [-0.15, -0.1) is 0 Å². The molecule has 1 amide bonds. The number of amides is 1. The first-order valence-corrected chi connectivity index (χ1v) is 6.91. The Bertz CT molecular complexity index is 644. The molecule has 0 aromatic carbocycles. The van der Waals surface area contributed by atoms with Gasteiger partial charge >= 0.3 is 0 Å². The molecule has 2 aromatic heterocycles. The molecule has 2 aromatic rings. The van der Waals surface area contributed by atoms with Crippen LogP contribution in [0.3, 0.4) is 0 Å². The molecule has 112 valence electrons. The Kier molecular flexibility index (Phi) is 4.35. The average molecular weight is 288 g/mol. The summed E-state index contributed by atoms with van der Waals surface area (Å²) in [4.78, 5) is 20.5. The second-order valence-electron chi connectivity index (χ2n) is 5.30. The van der Waals surface area contributed by atoms with E-state index < -0.39 is 0 Å². The van der Waals surface area contributed by atoms with E-state index in [1.807, 2.05) is 27.7 Å². The highest BCUT2D eigenvalue weighted by Crippen LogP contribution is 2.14. The van der Waals surface area contributed by atoms with Crippen LogP contribution in [0.5, 0.6) is 0 Å². The van der Waals surface area contributed by atoms with Crippen LogP contribution in [0.2, 0.25) is 0 Å². The standard InChI is InChI=1S/C15H20N4O2/c1-8(6-13-10(3)19-21-11(13)4)17-15(20)14-7-16-12(5)18-9(14)2/h7-8H,6H2,1-5H3,(H,17,20)/t8-/m1/s1. The Morgan fingerprint density at radius 1 is 1.29 bits per heavy atom. The highest BCUT2D eigenvalue weighted by Gasteiger charge is 2.17. The van der Waals surface area contributed by atoms with Gasteiger partial charge in [-0.05, 0) is 41.0 Å². The number of carbonyl (C=O) groups excluding carboxylic acids is 1. The van der Waals surface area contributed by atoms with E-state index in [0.717, 1.165) is 17.0 Å². The molecule has 0 aliphatic heterocycles. The molecule has 0 unspecified atom stereocenters. The molecule has 1 N–H and O–H groups in total. The van der Waals surface area contributed by atoms with Crippen LogP contribution in [-0.4, -0.2) is 27.1 Å². The zero-order chi connectivity index (χ0) is 15.6. The minimum Gasteiger partial charge on any atom is -0.361 e. The van der Waals surface area contributed by atoms with Gasteiger partial charge in [0.25, 0.3) is 5.91 Å². The third-order valence-electron chi connectivity index (χ3n) is 3.41. The van der Waals surface area contributed by atoms with E-state index in [1.165, 1.54) is 0 Å². The number of aryl methyl sites for hydroxylation is 4. The number of nitrogens with one attached hydrogen (secondary N) is 1. The van der Waals surface area contributed by atoms with Crippen LogP contribution in [0.15, 0.2) is 10.7 Å². The number of hydrogen-bond acceptors (Lipinski definition) is 5. The van der Waals surface area contributed by atoms with Crippen molar-refractivity contribution < 1.29 is 9.32 Å². The molecule has 0 bridgehead atoms. The maximum Gasteiger partial charge on any atom is 0.254 e. The molecular formula is C15H20N4O2. The second-order valence-corrected chi connectivity index (χ2v) is 5.30. The molecule has 0 spiro atoms. The van der Waals surface area contributed by atoms with Gasteiger partial charge in [-0.3, -0.25) is 4.79 Å². The molecule has 21 heavy (non-hydrogen) atoms. The molecule has 2 rings (SSSR count). The van der Waals surface area contributed by atoms with Crippen molar-refractivity contribution in [3.8, 4) is 0 Å². The first-order valence-electron chi connectivity index (χ1n) is 6.91. The van der Waals surface area contributed by atoms with Crippen molar-refractivity contribution in [2.45, 2.75) is 47.1 Å². The van der Waals surface area contributed by atoms with Crippen LogP contribution >= 0.6 is 0 Å². The summed E-state index contributed by atoms with van der Waals surface area (Å²) in [5, 5.41) is 6.88. The van der Waals surface area contributed by atoms with E-state index in [2.05, 4.69) is 20.4 Å². The summed E-state index contributed by atoms with van der Waals surface area (Å²) in [7, 11) is 0. The van der Waals surface area contributed by atoms with Gasteiger partial charge in [-0.1, -0.05) is 5.16 Å². The molecule has 0 saturated carbocycles. The van der Waals surface area contributed by atoms with Crippen molar-refractivity contribution in [2.24, 2.45) is 0 Å². The van der Waals surface area contributed by atoms with Gasteiger partial charge in [-0.2, -0.15) is 0 Å². The fraction of sp³-hybridized carbons (Fsp3) is 0.467. The summed E-state index contributed by atoms with van der Waals surface area (Å²) < 4.78 is 5.14. The maximum atomic E-state index is 12.3. The van der Waals surface area contributed by atoms with E-state index in [4.69, 9.17) is 4.52 Å². The third kappa shape index (κ3) is 3.45. The van der Waals surface area contributed by atoms with Crippen molar-refractivity contribution >= 4 is 5.91 Å². The molecule has 6 nitrogen and oxygen atoms in total. The van der Waals surface area contributed by atoms with E-state index in [1.54, 1.807) is 13.1 Å². The highest BCUT2D eigenvalue weighted by molar-refractivity contribution is 5.95. The predicted octanol–water partition coefficient (Wildman–Crippen LogP) is 2.06. The molecular weight excluding hydrogens is 268 g/mol. The number of carbonyl (C=O) groups is 1. The topological polar surface area (TPSA) is 80.9 Å². The molecule has 1 atom stereocenters. The molecule has 0 radical (unpaired) electrons. The van der Waals surface area contributed by atoms with E-state index in [9.17, 15) is 4.79 Å². The van der Waals surface area contributed by atoms with E-state index in [0.29, 0.717) is 23.5 Å². The van der Waals surface area contributed by atoms with Gasteiger partial charge in [0.05, 0.1) is 17.0 Å². The largest absolute Gasteiger partial charge is 0.361 e. The summed E-state index contributed by atoms with van der Waals surface area (Å²) >= 11 is 0. The van der Waals surface area contributed by atoms with E-state index in [-0.39, 0.29) is 11.9 Å². The molecule has 0 fully saturated rings. The Morgan fingerprint density at radius 2 is 2.00 bits per heavy atom. The lowest BCUT2D eigenvalue weighted by atomic mass is 10.1. The van der Waals surface area contributed by atoms with Crippen molar-refractivity contribution in [2.75, 3.05) is 0 Å². The van der Waals surface area contributed by atoms with Crippen LogP contribution in [0.4, 0.5) is 0 Å². The van der Waals surface area contributed by atoms with Crippen LogP contribution in [0.25, 0.3) is 0 Å². The minimum atomic E-state index is -0.160. The van der Waals surface area contributed by atoms with Crippen molar-refractivity contribution in [1.82, 2.24) is 20.4 Å². The summed E-state index contributed by atoms with van der Waals surface area (Å²) in [6.07, 6.45) is 2.24. The summed E-state index contributed by atoms with van der Waals surface area (Å²) in [6.45, 7) is 9.34. The SMILES string of the molecule is Cc1ncc(C(=O)N[C@H](C)Cc2c(C)noc2C)c(C)n1. The summed E-state index contributed by atoms with van der Waals surface area (Å²) in [5.41, 5.74) is 3.10. The first kappa shape index (κ1) is 15.2. The smallest absolute Gasteiger partial charge is 0.254 e. The maximum absolute atomic E-state index is 12.3. The number of hydrogen-bond donors (Lipinski definition) is 1. The average Bonchev–Trinajstić information content (AvgIpc) is 2.70. The lowest BCUT2D eigenvalue weighted by molar-refractivity contribution is 0.0938. The molecule has 0 aliphatic carbocycles. The van der Waals surface area contributed by atoms with Crippen LogP contribution in [-0.2, 0) is 6.42 Å². The number of rotatable bonds is 4. The Hall–Kier alpha value is -2.24. The van der Waals surface area contributed by atoms with Gasteiger partial charge < -0.3 is 9.84 Å². The third-order valence-corrected chi connectivity index (χ3v) is 3.41. The van der Waals surface area contributed by atoms with Crippen LogP contribution in [0, 0.1) is 27.7 Å². The quantitative estimate of drug-likeness (QED) is 0.931. The second kappa shape index (κ2) is 6.03. The van der Waals surface area contributed by atoms with Crippen molar-refractivity contribution in [3.05, 3.63) is 40.3 Å². The van der Waals surface area contributed by atoms with Crippen LogP contribution in [0.1, 0.15) is 45.8 Å². The zero-order valence-corrected chi connectivity index (χ0v) is 13.0. The Morgan fingerprint density at radius 3 is 2.57 bits per heavy atom. The van der Waals surface area contributed by atoms with Gasteiger partial charge in [0.1, 0.15) is 11.6 Å². The Labute approximate surface area is 124 Å². The monoisotopic (exact) mass is 288 g/mol. The molecule has 0 aliphatic rings. The lowest BCUT2D eigenvalue weighted by Crippen LogP contribution is -2.35. The fourth-order valence-corrected chi connectivity index (χ4v) is 2.26. The summed E-state index contributed by atoms with van der Waals surface area (Å²) in [5.74, 6) is 1.29. The van der Waals surface area contributed by atoms with Gasteiger partial charge in [0.2, 0.25) is 0 Å². The summed E-state index contributed by atoms with van der Waals surface area (Å²) in [6, 6.07) is -0.0324. The zero-order valence-electron chi connectivity index (χ0n) is 13.0. The highest BCUT2D eigenvalue weighted by atomic mass is 16.5. The van der Waals surface area contributed by atoms with Crippen LogP contribution < -0.4 is 5.32 Å². The molecule has 6 heteroatoms. The predicted molar refractivity (Wildman–Crippen MR) is 78.1 cm³/mol. The van der Waals surface area contributed by atoms with Crippen molar-refractivity contribution in [3.63, 3.8) is 0 Å². The minimum absolute atomic E-state index is 0.0324.